The van der Waals surface area contributed by atoms with Crippen molar-refractivity contribution in [3.05, 3.63) is 41.2 Å². The second-order valence-electron chi connectivity index (χ2n) is 4.05. The summed E-state index contributed by atoms with van der Waals surface area (Å²) in [5.74, 6) is 0.833. The first-order chi connectivity index (χ1) is 8.20. The van der Waals surface area contributed by atoms with Gasteiger partial charge in [-0.2, -0.15) is 0 Å². The van der Waals surface area contributed by atoms with Crippen molar-refractivity contribution >= 4 is 23.2 Å². The van der Waals surface area contributed by atoms with Crippen LogP contribution in [-0.2, 0) is 6.54 Å². The zero-order chi connectivity index (χ0) is 12.3. The zero-order valence-corrected chi connectivity index (χ0v) is 10.8. The molecule has 0 aliphatic carbocycles. The smallest absolute Gasteiger partial charge is 0.207 e. The number of anilines is 2. The first-order valence-electron chi connectivity index (χ1n) is 5.75. The number of benzene rings is 1. The number of aryl methyl sites for hydroxylation is 2. The molecule has 1 aromatic heterocycles. The third-order valence-corrected chi connectivity index (χ3v) is 2.88. The molecule has 4 heteroatoms. The summed E-state index contributed by atoms with van der Waals surface area (Å²) in [6.07, 6.45) is 4.84. The highest BCUT2D eigenvalue weighted by molar-refractivity contribution is 6.33. The van der Waals surface area contributed by atoms with Crippen LogP contribution in [0.15, 0.2) is 30.6 Å². The molecule has 2 rings (SSSR count). The Morgan fingerprint density at radius 2 is 2.24 bits per heavy atom. The molecule has 17 heavy (non-hydrogen) atoms. The molecule has 90 valence electrons. The summed E-state index contributed by atoms with van der Waals surface area (Å²) >= 11 is 6.14. The highest BCUT2D eigenvalue weighted by Crippen LogP contribution is 2.25. The maximum atomic E-state index is 6.14. The van der Waals surface area contributed by atoms with Gasteiger partial charge in [0.15, 0.2) is 0 Å². The van der Waals surface area contributed by atoms with E-state index < -0.39 is 0 Å². The Morgan fingerprint density at radius 3 is 3.00 bits per heavy atom. The molecule has 0 bridgehead atoms. The molecule has 0 fully saturated rings. The molecule has 0 radical (unpaired) electrons. The Hall–Kier alpha value is -1.48. The lowest BCUT2D eigenvalue weighted by molar-refractivity contribution is 0.686. The molecule has 3 nitrogen and oxygen atoms in total. The summed E-state index contributed by atoms with van der Waals surface area (Å²) in [6, 6.07) is 5.91. The van der Waals surface area contributed by atoms with Crippen molar-refractivity contribution in [3.63, 3.8) is 0 Å². The summed E-state index contributed by atoms with van der Waals surface area (Å²) in [6.45, 7) is 5.13. The Bertz CT molecular complexity index is 505. The number of halogens is 1. The zero-order valence-electron chi connectivity index (χ0n) is 10.1. The average Bonchev–Trinajstić information content (AvgIpc) is 2.72. The molecular weight excluding hydrogens is 234 g/mol. The quantitative estimate of drug-likeness (QED) is 0.888. The minimum Gasteiger partial charge on any atom is -0.324 e. The van der Waals surface area contributed by atoms with Gasteiger partial charge in [-0.25, -0.2) is 4.98 Å². The molecule has 0 aliphatic heterocycles. The van der Waals surface area contributed by atoms with Crippen LogP contribution in [-0.4, -0.2) is 9.55 Å². The van der Waals surface area contributed by atoms with Crippen molar-refractivity contribution < 1.29 is 0 Å². The van der Waals surface area contributed by atoms with Crippen LogP contribution < -0.4 is 5.32 Å². The van der Waals surface area contributed by atoms with E-state index in [0.717, 1.165) is 24.6 Å². The Balaban J connectivity index is 2.25. The predicted octanol–water partition coefficient (Wildman–Crippen LogP) is 4.00. The summed E-state index contributed by atoms with van der Waals surface area (Å²) in [7, 11) is 0. The Morgan fingerprint density at radius 1 is 1.41 bits per heavy atom. The van der Waals surface area contributed by atoms with Gasteiger partial charge < -0.3 is 9.88 Å². The fourth-order valence-corrected chi connectivity index (χ4v) is 1.87. The second-order valence-corrected chi connectivity index (χ2v) is 4.46. The van der Waals surface area contributed by atoms with E-state index in [9.17, 15) is 0 Å². The van der Waals surface area contributed by atoms with Crippen LogP contribution >= 0.6 is 11.6 Å². The second kappa shape index (κ2) is 5.23. The lowest BCUT2D eigenvalue weighted by atomic mass is 10.2. The lowest BCUT2D eigenvalue weighted by Gasteiger charge is -2.10. The van der Waals surface area contributed by atoms with Crippen LogP contribution in [0.2, 0.25) is 5.02 Å². The van der Waals surface area contributed by atoms with Gasteiger partial charge in [0.05, 0.1) is 10.7 Å². The largest absolute Gasteiger partial charge is 0.324 e. The fraction of sp³-hybridized carbons (Fsp3) is 0.308. The van der Waals surface area contributed by atoms with Crippen LogP contribution in [0.3, 0.4) is 0 Å². The van der Waals surface area contributed by atoms with E-state index in [0.29, 0.717) is 5.02 Å². The number of aromatic nitrogens is 2. The first-order valence-corrected chi connectivity index (χ1v) is 6.13. The number of hydrogen-bond donors (Lipinski definition) is 1. The molecule has 0 amide bonds. The van der Waals surface area contributed by atoms with Gasteiger partial charge in [0.1, 0.15) is 0 Å². The molecule has 0 atom stereocenters. The SMILES string of the molecule is CCCn1ccnc1Nc1cc(C)ccc1Cl. The van der Waals surface area contributed by atoms with E-state index in [4.69, 9.17) is 11.6 Å². The topological polar surface area (TPSA) is 29.9 Å². The van der Waals surface area contributed by atoms with Crippen LogP contribution in [0.4, 0.5) is 11.6 Å². The summed E-state index contributed by atoms with van der Waals surface area (Å²) in [5.41, 5.74) is 2.07. The van der Waals surface area contributed by atoms with E-state index in [1.807, 2.05) is 31.3 Å². The number of nitrogens with zero attached hydrogens (tertiary/aromatic N) is 2. The molecule has 1 aromatic carbocycles. The van der Waals surface area contributed by atoms with Gasteiger partial charge in [0.25, 0.3) is 0 Å². The van der Waals surface area contributed by atoms with Crippen molar-refractivity contribution in [1.29, 1.82) is 0 Å². The average molecular weight is 250 g/mol. The van der Waals surface area contributed by atoms with E-state index in [1.165, 1.54) is 5.56 Å². The van der Waals surface area contributed by atoms with Crippen LogP contribution in [0, 0.1) is 6.92 Å². The van der Waals surface area contributed by atoms with E-state index in [1.54, 1.807) is 6.20 Å². The van der Waals surface area contributed by atoms with Gasteiger partial charge in [-0.1, -0.05) is 24.6 Å². The van der Waals surface area contributed by atoms with Crippen molar-refractivity contribution in [2.75, 3.05) is 5.32 Å². The number of imidazole rings is 1. The third kappa shape index (κ3) is 2.80. The lowest BCUT2D eigenvalue weighted by Crippen LogP contribution is -2.03. The highest BCUT2D eigenvalue weighted by atomic mass is 35.5. The molecular formula is C13H16ClN3. The van der Waals surface area contributed by atoms with Crippen LogP contribution in [0.25, 0.3) is 0 Å². The fourth-order valence-electron chi connectivity index (χ4n) is 1.71. The molecule has 2 aromatic rings. The number of nitrogens with one attached hydrogen (secondary N) is 1. The summed E-state index contributed by atoms with van der Waals surface area (Å²) in [4.78, 5) is 4.29. The molecule has 1 heterocycles. The Kier molecular flexibility index (Phi) is 3.69. The van der Waals surface area contributed by atoms with E-state index in [2.05, 4.69) is 21.8 Å². The minimum absolute atomic E-state index is 0.710. The van der Waals surface area contributed by atoms with E-state index >= 15 is 0 Å². The van der Waals surface area contributed by atoms with Crippen LogP contribution in [0.1, 0.15) is 18.9 Å². The van der Waals surface area contributed by atoms with E-state index in [-0.39, 0.29) is 0 Å². The highest BCUT2D eigenvalue weighted by Gasteiger charge is 2.05. The maximum absolute atomic E-state index is 6.14. The number of hydrogen-bond acceptors (Lipinski definition) is 2. The molecule has 0 aliphatic rings. The number of rotatable bonds is 4. The summed E-state index contributed by atoms with van der Waals surface area (Å²) < 4.78 is 2.08. The van der Waals surface area contributed by atoms with Crippen molar-refractivity contribution in [1.82, 2.24) is 9.55 Å². The van der Waals surface area contributed by atoms with Crippen molar-refractivity contribution in [2.24, 2.45) is 0 Å². The van der Waals surface area contributed by atoms with Gasteiger partial charge in [0.2, 0.25) is 5.95 Å². The van der Waals surface area contributed by atoms with Gasteiger partial charge in [0, 0.05) is 18.9 Å². The van der Waals surface area contributed by atoms with Crippen molar-refractivity contribution in [2.45, 2.75) is 26.8 Å². The van der Waals surface area contributed by atoms with Gasteiger partial charge in [-0.3, -0.25) is 0 Å². The van der Waals surface area contributed by atoms with Gasteiger partial charge in [-0.05, 0) is 31.0 Å². The van der Waals surface area contributed by atoms with Gasteiger partial charge in [-0.15, -0.1) is 0 Å². The standard InChI is InChI=1S/C13H16ClN3/c1-3-7-17-8-6-15-13(17)16-12-9-10(2)4-5-11(12)14/h4-6,8-9H,3,7H2,1-2H3,(H,15,16). The molecule has 0 spiro atoms. The first kappa shape index (κ1) is 12.0. The van der Waals surface area contributed by atoms with Crippen LogP contribution in [0.5, 0.6) is 0 Å². The monoisotopic (exact) mass is 249 g/mol. The summed E-state index contributed by atoms with van der Waals surface area (Å²) in [5, 5.41) is 3.98. The van der Waals surface area contributed by atoms with Gasteiger partial charge >= 0.3 is 0 Å². The Labute approximate surface area is 106 Å². The molecule has 0 saturated heterocycles. The normalized spacial score (nSPS) is 10.5. The molecule has 0 saturated carbocycles. The maximum Gasteiger partial charge on any atom is 0.207 e. The molecule has 0 unspecified atom stereocenters. The van der Waals surface area contributed by atoms with Crippen molar-refractivity contribution in [3.8, 4) is 0 Å². The third-order valence-electron chi connectivity index (χ3n) is 2.55. The minimum atomic E-state index is 0.710. The molecule has 1 N–H and O–H groups in total. The predicted molar refractivity (Wildman–Crippen MR) is 72.0 cm³/mol.